The van der Waals surface area contributed by atoms with Gasteiger partial charge in [0.1, 0.15) is 5.69 Å². The molecule has 0 radical (unpaired) electrons. The van der Waals surface area contributed by atoms with Gasteiger partial charge >= 0.3 is 0 Å². The highest BCUT2D eigenvalue weighted by molar-refractivity contribution is 6.35. The fourth-order valence-corrected chi connectivity index (χ4v) is 2.49. The van der Waals surface area contributed by atoms with Crippen LogP contribution in [0.4, 0.5) is 0 Å². The summed E-state index contributed by atoms with van der Waals surface area (Å²) in [6.07, 6.45) is 2.14. The minimum absolute atomic E-state index is 0.0829. The van der Waals surface area contributed by atoms with E-state index in [0.29, 0.717) is 33.9 Å². The lowest BCUT2D eigenvalue weighted by molar-refractivity contribution is 0.255. The van der Waals surface area contributed by atoms with Gasteiger partial charge in [0.05, 0.1) is 10.0 Å². The molecule has 0 saturated carbocycles. The molecular weight excluding hydrogens is 311 g/mol. The van der Waals surface area contributed by atoms with Gasteiger partial charge in [0.25, 0.3) is 0 Å². The minimum Gasteiger partial charge on any atom is -0.339 e. The molecule has 0 aliphatic rings. The number of hydrogen-bond acceptors (Lipinski definition) is 5. The first-order valence-electron chi connectivity index (χ1n) is 6.62. The van der Waals surface area contributed by atoms with Crippen LogP contribution in [0.1, 0.15) is 26.7 Å². The molecule has 0 spiro atoms. The van der Waals surface area contributed by atoms with Crippen LogP contribution in [-0.4, -0.2) is 28.2 Å². The van der Waals surface area contributed by atoms with Gasteiger partial charge < -0.3 is 9.84 Å². The molecule has 0 bridgehead atoms. The standard InChI is InChI=1S/C14H18Cl2N4O/c1-14(2,3)10(17-4)6-11-19-13(20-21-11)12-9(16)5-8(15)7-18-12/h5,7,10,17H,6H2,1-4H3. The molecule has 0 aromatic carbocycles. The normalized spacial score (nSPS) is 13.4. The lowest BCUT2D eigenvalue weighted by atomic mass is 9.85. The van der Waals surface area contributed by atoms with Gasteiger partial charge in [-0.15, -0.1) is 0 Å². The van der Waals surface area contributed by atoms with Gasteiger partial charge in [-0.25, -0.2) is 4.98 Å². The molecule has 1 atom stereocenters. The van der Waals surface area contributed by atoms with Crippen LogP contribution in [0.3, 0.4) is 0 Å². The van der Waals surface area contributed by atoms with Crippen LogP contribution in [0.25, 0.3) is 11.5 Å². The zero-order valence-corrected chi connectivity index (χ0v) is 14.0. The van der Waals surface area contributed by atoms with Crippen LogP contribution in [-0.2, 0) is 6.42 Å². The van der Waals surface area contributed by atoms with Crippen LogP contribution in [0.15, 0.2) is 16.8 Å². The zero-order valence-electron chi connectivity index (χ0n) is 12.4. The Bertz CT molecular complexity index is 622. The summed E-state index contributed by atoms with van der Waals surface area (Å²) in [6, 6.07) is 1.83. The van der Waals surface area contributed by atoms with Gasteiger partial charge in [0.2, 0.25) is 11.7 Å². The number of nitrogens with one attached hydrogen (secondary N) is 1. The first kappa shape index (κ1) is 16.2. The molecule has 0 aliphatic heterocycles. The average molecular weight is 329 g/mol. The average Bonchev–Trinajstić information content (AvgIpc) is 2.82. The summed E-state index contributed by atoms with van der Waals surface area (Å²) in [5.41, 5.74) is 0.548. The molecule has 7 heteroatoms. The largest absolute Gasteiger partial charge is 0.339 e. The van der Waals surface area contributed by atoms with Crippen molar-refractivity contribution in [2.24, 2.45) is 5.41 Å². The molecule has 114 valence electrons. The van der Waals surface area contributed by atoms with Gasteiger partial charge in [-0.2, -0.15) is 4.98 Å². The Kier molecular flexibility index (Phi) is 4.86. The Morgan fingerprint density at radius 1 is 1.33 bits per heavy atom. The fourth-order valence-electron chi connectivity index (χ4n) is 2.03. The first-order chi connectivity index (χ1) is 9.81. The third kappa shape index (κ3) is 3.93. The highest BCUT2D eigenvalue weighted by Crippen LogP contribution is 2.27. The first-order valence-corrected chi connectivity index (χ1v) is 7.38. The molecule has 2 aromatic rings. The van der Waals surface area contributed by atoms with E-state index in [1.807, 2.05) is 7.05 Å². The smallest absolute Gasteiger partial charge is 0.228 e. The molecule has 0 amide bonds. The fraction of sp³-hybridized carbons (Fsp3) is 0.500. The molecule has 2 heterocycles. The molecule has 0 aliphatic carbocycles. The Labute approximate surface area is 134 Å². The van der Waals surface area contributed by atoms with Crippen LogP contribution in [0.2, 0.25) is 10.0 Å². The second-order valence-electron chi connectivity index (χ2n) is 5.91. The summed E-state index contributed by atoms with van der Waals surface area (Å²) in [7, 11) is 1.92. The van der Waals surface area contributed by atoms with Crippen molar-refractivity contribution in [3.63, 3.8) is 0 Å². The number of likely N-dealkylation sites (N-methyl/N-ethyl adjacent to an activating group) is 1. The predicted molar refractivity (Wildman–Crippen MR) is 83.6 cm³/mol. The van der Waals surface area contributed by atoms with E-state index >= 15 is 0 Å². The number of rotatable bonds is 4. The van der Waals surface area contributed by atoms with E-state index < -0.39 is 0 Å². The molecule has 21 heavy (non-hydrogen) atoms. The maximum Gasteiger partial charge on any atom is 0.228 e. The lowest BCUT2D eigenvalue weighted by Gasteiger charge is -2.29. The van der Waals surface area contributed by atoms with Crippen molar-refractivity contribution in [1.29, 1.82) is 0 Å². The van der Waals surface area contributed by atoms with Crippen molar-refractivity contribution in [3.8, 4) is 11.5 Å². The van der Waals surface area contributed by atoms with Crippen LogP contribution >= 0.6 is 23.2 Å². The van der Waals surface area contributed by atoms with Crippen molar-refractivity contribution in [3.05, 3.63) is 28.2 Å². The van der Waals surface area contributed by atoms with E-state index in [4.69, 9.17) is 27.7 Å². The van der Waals surface area contributed by atoms with Gasteiger partial charge in [0, 0.05) is 18.7 Å². The number of hydrogen-bond donors (Lipinski definition) is 1. The molecule has 0 saturated heterocycles. The number of nitrogens with zero attached hydrogens (tertiary/aromatic N) is 3. The number of halogens is 2. The van der Waals surface area contributed by atoms with Gasteiger partial charge in [0.15, 0.2) is 0 Å². The summed E-state index contributed by atoms with van der Waals surface area (Å²) >= 11 is 11.9. The van der Waals surface area contributed by atoms with E-state index in [1.165, 1.54) is 6.20 Å². The van der Waals surface area contributed by atoms with Gasteiger partial charge in [-0.05, 0) is 18.5 Å². The van der Waals surface area contributed by atoms with Crippen LogP contribution in [0.5, 0.6) is 0 Å². The summed E-state index contributed by atoms with van der Waals surface area (Å²) < 4.78 is 5.30. The van der Waals surface area contributed by atoms with Crippen LogP contribution < -0.4 is 5.32 Å². The van der Waals surface area contributed by atoms with Crippen molar-refractivity contribution in [2.75, 3.05) is 7.05 Å². The number of pyridine rings is 1. The Morgan fingerprint density at radius 3 is 2.62 bits per heavy atom. The van der Waals surface area contributed by atoms with Crippen molar-refractivity contribution < 1.29 is 4.52 Å². The van der Waals surface area contributed by atoms with E-state index in [-0.39, 0.29) is 11.5 Å². The highest BCUT2D eigenvalue weighted by atomic mass is 35.5. The lowest BCUT2D eigenvalue weighted by Crippen LogP contribution is -2.39. The van der Waals surface area contributed by atoms with E-state index in [2.05, 4.69) is 41.2 Å². The Balaban J connectivity index is 2.22. The summed E-state index contributed by atoms with van der Waals surface area (Å²) in [5, 5.41) is 8.08. The molecule has 2 aromatic heterocycles. The van der Waals surface area contributed by atoms with E-state index in [0.717, 1.165) is 0 Å². The Hall–Kier alpha value is -1.17. The zero-order chi connectivity index (χ0) is 15.6. The predicted octanol–water partition coefficient (Wildman–Crippen LogP) is 3.62. The summed E-state index contributed by atoms with van der Waals surface area (Å²) in [5.74, 6) is 0.919. The molecule has 1 N–H and O–H groups in total. The second kappa shape index (κ2) is 6.30. The topological polar surface area (TPSA) is 63.8 Å². The molecule has 0 fully saturated rings. The van der Waals surface area contributed by atoms with E-state index in [1.54, 1.807) is 6.07 Å². The molecule has 5 nitrogen and oxygen atoms in total. The van der Waals surface area contributed by atoms with Crippen molar-refractivity contribution in [2.45, 2.75) is 33.2 Å². The molecule has 1 unspecified atom stereocenters. The van der Waals surface area contributed by atoms with Gasteiger partial charge in [-0.3, -0.25) is 0 Å². The van der Waals surface area contributed by atoms with Crippen LogP contribution in [0, 0.1) is 5.41 Å². The SMILES string of the molecule is CNC(Cc1nc(-c2ncc(Cl)cc2Cl)no1)C(C)(C)C. The van der Waals surface area contributed by atoms with Crippen molar-refractivity contribution >= 4 is 23.2 Å². The van der Waals surface area contributed by atoms with Crippen molar-refractivity contribution in [1.82, 2.24) is 20.4 Å². The third-order valence-corrected chi connectivity index (χ3v) is 3.76. The summed E-state index contributed by atoms with van der Waals surface area (Å²) in [6.45, 7) is 6.47. The Morgan fingerprint density at radius 2 is 2.05 bits per heavy atom. The maximum absolute atomic E-state index is 6.10. The minimum atomic E-state index is 0.0829. The maximum atomic E-state index is 6.10. The monoisotopic (exact) mass is 328 g/mol. The quantitative estimate of drug-likeness (QED) is 0.928. The van der Waals surface area contributed by atoms with E-state index in [9.17, 15) is 0 Å². The molecular formula is C14H18Cl2N4O. The number of aromatic nitrogens is 3. The second-order valence-corrected chi connectivity index (χ2v) is 6.75. The molecule has 2 rings (SSSR count). The van der Waals surface area contributed by atoms with Gasteiger partial charge in [-0.1, -0.05) is 49.1 Å². The highest BCUT2D eigenvalue weighted by Gasteiger charge is 2.26. The third-order valence-electron chi connectivity index (χ3n) is 3.26. The summed E-state index contributed by atoms with van der Waals surface area (Å²) in [4.78, 5) is 8.51.